The van der Waals surface area contributed by atoms with Crippen LogP contribution >= 0.6 is 0 Å². The molecule has 0 aromatic rings. The first-order chi connectivity index (χ1) is 12.1. The number of carbonyl (C=O) groups is 5. The number of carboxylic acid groups (broad SMARTS) is 5. The van der Waals surface area contributed by atoms with E-state index in [2.05, 4.69) is 5.32 Å². The topological polar surface area (TPSA) is 256 Å². The maximum absolute atomic E-state index is 9.00. The smallest absolute Gasteiger partial charge is 0.550 e. The third-order valence-electron chi connectivity index (χ3n) is 0.642. The third kappa shape index (κ3) is 3630. The zero-order valence-electron chi connectivity index (χ0n) is 16.9. The fraction of sp³-hybridized carbons (Fsp3) is 0.643. The molecule has 0 heterocycles. The molecule has 0 aromatic carbocycles. The number of carbonyl (C=O) groups excluding carboxylic acids is 2. The van der Waals surface area contributed by atoms with Crippen LogP contribution in [0.1, 0.15) is 34.6 Å². The van der Waals surface area contributed by atoms with E-state index in [9.17, 15) is 0 Å². The average Bonchev–Trinajstić information content (AvgIpc) is 2.35. The van der Waals surface area contributed by atoms with Crippen molar-refractivity contribution < 1.29 is 69.0 Å². The molecule has 0 fully saturated rings. The number of hydrogen-bond donors (Lipinski definition) is 6. The molecule has 0 bridgehead atoms. The van der Waals surface area contributed by atoms with Gasteiger partial charge in [0.2, 0.25) is 0 Å². The molecule has 28 heavy (non-hydrogen) atoms. The van der Waals surface area contributed by atoms with Gasteiger partial charge >= 0.3 is 19.5 Å². The summed E-state index contributed by atoms with van der Waals surface area (Å²) in [6.45, 7) is 8.33. The summed E-state index contributed by atoms with van der Waals surface area (Å²) in [4.78, 5) is 44.8. The molecule has 8 N–H and O–H groups in total. The summed E-state index contributed by atoms with van der Waals surface area (Å²) in [5.74, 6) is -4.67. The molecule has 13 nitrogen and oxygen atoms in total. The van der Waals surface area contributed by atoms with E-state index in [4.69, 9.17) is 61.0 Å². The quantitative estimate of drug-likeness (QED) is 0.172. The van der Waals surface area contributed by atoms with Gasteiger partial charge in [0.1, 0.15) is 0 Å². The molecule has 0 rings (SSSR count). The molecule has 0 aliphatic rings. The van der Waals surface area contributed by atoms with E-state index in [1.165, 1.54) is 0 Å². The van der Waals surface area contributed by atoms with Crippen molar-refractivity contribution in [3.63, 3.8) is 0 Å². The van der Waals surface area contributed by atoms with E-state index < -0.39 is 29.8 Å². The largest absolute Gasteiger partial charge is 2.00 e. The van der Waals surface area contributed by atoms with Crippen LogP contribution in [0.2, 0.25) is 0 Å². The van der Waals surface area contributed by atoms with Gasteiger partial charge in [-0.2, -0.15) is 0 Å². The summed E-state index contributed by atoms with van der Waals surface area (Å²) < 4.78 is 0. The van der Waals surface area contributed by atoms with E-state index in [1.54, 1.807) is 0 Å². The zero-order chi connectivity index (χ0) is 23.4. The molecular weight excluding hydrogens is 436 g/mol. The normalized spacial score (nSPS) is 6.82. The molecule has 0 aromatic heterocycles. The zero-order valence-corrected chi connectivity index (χ0v) is 19.9. The number of aliphatic carboxylic acids is 5. The van der Waals surface area contributed by atoms with Crippen molar-refractivity contribution in [3.8, 4) is 0 Å². The number of hydrogen-bond acceptors (Lipinski definition) is 10. The maximum atomic E-state index is 9.00. The number of carboxylic acids is 5. The van der Waals surface area contributed by atoms with Crippen molar-refractivity contribution in [1.29, 1.82) is 0 Å². The summed E-state index contributed by atoms with van der Waals surface area (Å²) >= 11 is 0. The van der Waals surface area contributed by atoms with Crippen molar-refractivity contribution in [2.45, 2.75) is 34.6 Å². The monoisotopic (exact) mass is 465 g/mol. The minimum absolute atomic E-state index is 0. The Hall–Kier alpha value is -2.15. The summed E-state index contributed by atoms with van der Waals surface area (Å²) in [6.07, 6.45) is 0. The predicted octanol–water partition coefficient (Wildman–Crippen LogP) is -3.72. The molecule has 0 atom stereocenters. The standard InChI is InChI=1S/C4H13N3.5C2H4O2.Zn/c5-1-3-7-4-2-6;5*1-2(3)4;/h7H,1-6H2;5*1H3,(H,3,4);/q;;;;;;+2/p-2. The van der Waals surface area contributed by atoms with Gasteiger partial charge in [0.05, 0.1) is 0 Å². The molecule has 0 aliphatic carbocycles. The van der Waals surface area contributed by atoms with Gasteiger partial charge in [-0.25, -0.2) is 0 Å². The Morgan fingerprint density at radius 3 is 0.857 bits per heavy atom. The minimum atomic E-state index is -1.08. The fourth-order valence-electron chi connectivity index (χ4n) is 0.329. The minimum Gasteiger partial charge on any atom is -0.550 e. The molecule has 14 heteroatoms. The number of nitrogens with two attached hydrogens (primary N) is 2. The molecule has 0 amide bonds. The van der Waals surface area contributed by atoms with Gasteiger partial charge < -0.3 is 51.9 Å². The van der Waals surface area contributed by atoms with Crippen molar-refractivity contribution in [2.24, 2.45) is 11.5 Å². The average molecular weight is 467 g/mol. The van der Waals surface area contributed by atoms with Gasteiger partial charge in [0, 0.05) is 58.9 Å². The number of rotatable bonds is 4. The summed E-state index contributed by atoms with van der Waals surface area (Å²) in [7, 11) is 0. The van der Waals surface area contributed by atoms with Gasteiger partial charge in [-0.1, -0.05) is 0 Å². The van der Waals surface area contributed by atoms with E-state index in [0.717, 1.165) is 47.7 Å². The van der Waals surface area contributed by atoms with E-state index >= 15 is 0 Å². The van der Waals surface area contributed by atoms with Gasteiger partial charge in [0.15, 0.2) is 0 Å². The first-order valence-corrected chi connectivity index (χ1v) is 7.12. The van der Waals surface area contributed by atoms with E-state index in [0.29, 0.717) is 13.1 Å². The van der Waals surface area contributed by atoms with Crippen LogP contribution in [0.3, 0.4) is 0 Å². The molecule has 0 radical (unpaired) electrons. The first kappa shape index (κ1) is 44.9. The summed E-state index contributed by atoms with van der Waals surface area (Å²) in [6, 6.07) is 0. The van der Waals surface area contributed by atoms with Crippen molar-refractivity contribution in [3.05, 3.63) is 0 Å². The Morgan fingerprint density at radius 1 is 0.679 bits per heavy atom. The maximum Gasteiger partial charge on any atom is 2.00 e. The van der Waals surface area contributed by atoms with Crippen LogP contribution in [0.5, 0.6) is 0 Å². The van der Waals surface area contributed by atoms with Crippen molar-refractivity contribution in [2.75, 3.05) is 26.2 Å². The first-order valence-electron chi connectivity index (χ1n) is 7.12. The van der Waals surface area contributed by atoms with Crippen LogP contribution in [-0.2, 0) is 43.5 Å². The fourth-order valence-corrected chi connectivity index (χ4v) is 0.329. The van der Waals surface area contributed by atoms with Crippen LogP contribution < -0.4 is 27.0 Å². The van der Waals surface area contributed by atoms with E-state index in [-0.39, 0.29) is 19.5 Å². The predicted molar refractivity (Wildman–Crippen MR) is 92.3 cm³/mol. The van der Waals surface area contributed by atoms with Crippen LogP contribution in [0, 0.1) is 0 Å². The summed E-state index contributed by atoms with van der Waals surface area (Å²) in [5.41, 5.74) is 10.3. The summed E-state index contributed by atoms with van der Waals surface area (Å²) in [5, 5.41) is 43.1. The second kappa shape index (κ2) is 44.4. The molecule has 0 saturated carbocycles. The second-order valence-corrected chi connectivity index (χ2v) is 3.87. The van der Waals surface area contributed by atoms with Gasteiger partial charge in [0.25, 0.3) is 17.9 Å². The molecule has 0 spiro atoms. The number of nitrogens with one attached hydrogen (secondary N) is 1. The second-order valence-electron chi connectivity index (χ2n) is 3.87. The van der Waals surface area contributed by atoms with Crippen molar-refractivity contribution >= 4 is 29.8 Å². The van der Waals surface area contributed by atoms with Gasteiger partial charge in [-0.3, -0.25) is 14.4 Å². The molecule has 0 unspecified atom stereocenters. The van der Waals surface area contributed by atoms with Gasteiger partial charge in [-0.15, -0.1) is 0 Å². The SMILES string of the molecule is CC(=O)O.CC(=O)O.CC(=O)O.CC(=O)[O-].CC(=O)[O-].NCCNCCN.[Zn+2]. The van der Waals surface area contributed by atoms with Crippen LogP contribution in [0.4, 0.5) is 0 Å². The van der Waals surface area contributed by atoms with Gasteiger partial charge in [-0.05, 0) is 13.8 Å². The Bertz CT molecular complexity index is 289. The molecular formula is C14H31N3O10Zn. The molecule has 164 valence electrons. The van der Waals surface area contributed by atoms with Crippen molar-refractivity contribution in [1.82, 2.24) is 5.32 Å². The Labute approximate surface area is 176 Å². The Morgan fingerprint density at radius 2 is 0.786 bits per heavy atom. The van der Waals surface area contributed by atoms with Crippen LogP contribution in [0.15, 0.2) is 0 Å². The van der Waals surface area contributed by atoms with Crippen LogP contribution in [0.25, 0.3) is 0 Å². The molecule has 0 aliphatic heterocycles. The Kier molecular flexibility index (Phi) is 71.2. The van der Waals surface area contributed by atoms with E-state index in [1.807, 2.05) is 0 Å². The third-order valence-corrected chi connectivity index (χ3v) is 0.642. The van der Waals surface area contributed by atoms with Crippen LogP contribution in [-0.4, -0.2) is 71.3 Å². The Balaban J connectivity index is -0.0000000382. The molecule has 0 saturated heterocycles.